The van der Waals surface area contributed by atoms with Gasteiger partial charge < -0.3 is 10.0 Å². The van der Waals surface area contributed by atoms with Crippen LogP contribution >= 0.6 is 0 Å². The molecule has 23 heavy (non-hydrogen) atoms. The van der Waals surface area contributed by atoms with E-state index in [0.29, 0.717) is 12.8 Å². The first-order valence-corrected chi connectivity index (χ1v) is 9.90. The molecule has 2 saturated heterocycles. The van der Waals surface area contributed by atoms with E-state index in [1.165, 1.54) is 4.31 Å². The number of carboxylic acid groups (broad SMARTS) is 1. The molecule has 0 aromatic heterocycles. The molecule has 1 saturated carbocycles. The molecule has 0 aromatic rings. The molecule has 0 bridgehead atoms. The van der Waals surface area contributed by atoms with E-state index in [4.69, 9.17) is 5.11 Å². The number of rotatable bonds is 4. The highest BCUT2D eigenvalue weighted by molar-refractivity contribution is 7.89. The summed E-state index contributed by atoms with van der Waals surface area (Å²) in [5.74, 6) is -1.09. The number of carboxylic acids is 1. The average Bonchev–Trinajstić information content (AvgIpc) is 2.99. The molecule has 0 radical (unpaired) electrons. The zero-order valence-electron chi connectivity index (χ0n) is 13.2. The monoisotopic (exact) mass is 344 g/mol. The van der Waals surface area contributed by atoms with Gasteiger partial charge in [-0.3, -0.25) is 9.59 Å². The van der Waals surface area contributed by atoms with Crippen LogP contribution in [-0.4, -0.2) is 66.0 Å². The van der Waals surface area contributed by atoms with Gasteiger partial charge in [0.15, 0.2) is 0 Å². The zero-order chi connectivity index (χ0) is 16.6. The number of sulfonamides is 1. The molecule has 8 heteroatoms. The third kappa shape index (κ3) is 3.24. The van der Waals surface area contributed by atoms with E-state index in [2.05, 4.69) is 0 Å². The van der Waals surface area contributed by atoms with Crippen LogP contribution in [-0.2, 0) is 19.6 Å². The van der Waals surface area contributed by atoms with Gasteiger partial charge in [0.1, 0.15) is 5.25 Å². The maximum absolute atomic E-state index is 12.6. The van der Waals surface area contributed by atoms with E-state index in [-0.39, 0.29) is 38.0 Å². The number of aliphatic carboxylic acids is 1. The van der Waals surface area contributed by atoms with Gasteiger partial charge >= 0.3 is 5.97 Å². The molecule has 0 unspecified atom stereocenters. The number of piperidine rings is 1. The summed E-state index contributed by atoms with van der Waals surface area (Å²) in [5, 5.41) is 8.46. The first-order chi connectivity index (χ1) is 10.9. The fourth-order valence-corrected chi connectivity index (χ4v) is 5.68. The average molecular weight is 344 g/mol. The lowest BCUT2D eigenvalue weighted by molar-refractivity contribution is -0.143. The minimum Gasteiger partial charge on any atom is -0.481 e. The third-order valence-corrected chi connectivity index (χ3v) is 7.67. The zero-order valence-corrected chi connectivity index (χ0v) is 14.0. The van der Waals surface area contributed by atoms with Crippen molar-refractivity contribution in [1.82, 2.24) is 9.21 Å². The number of carbonyl (C=O) groups is 2. The fourth-order valence-electron chi connectivity index (χ4n) is 3.81. The number of hydrogen-bond acceptors (Lipinski definition) is 4. The Labute approximate surface area is 136 Å². The van der Waals surface area contributed by atoms with E-state index in [1.807, 2.05) is 0 Å². The van der Waals surface area contributed by atoms with Crippen LogP contribution in [0.25, 0.3) is 0 Å². The largest absolute Gasteiger partial charge is 0.481 e. The SMILES string of the molecule is O=C(O)C1CCN(S(=O)(=O)C2CN(C(=O)C3CCCC3)C2)CC1. The number of likely N-dealkylation sites (tertiary alicyclic amines) is 1. The Kier molecular flexibility index (Phi) is 4.64. The van der Waals surface area contributed by atoms with Crippen molar-refractivity contribution in [1.29, 1.82) is 0 Å². The molecule has 1 N–H and O–H groups in total. The second kappa shape index (κ2) is 6.39. The number of carbonyl (C=O) groups excluding carboxylic acids is 1. The van der Waals surface area contributed by atoms with E-state index in [9.17, 15) is 18.0 Å². The maximum Gasteiger partial charge on any atom is 0.306 e. The van der Waals surface area contributed by atoms with Crippen molar-refractivity contribution in [3.63, 3.8) is 0 Å². The van der Waals surface area contributed by atoms with Crippen molar-refractivity contribution in [2.45, 2.75) is 43.8 Å². The molecule has 130 valence electrons. The van der Waals surface area contributed by atoms with Crippen molar-refractivity contribution in [3.8, 4) is 0 Å². The second-order valence-corrected chi connectivity index (χ2v) is 9.12. The molecule has 1 aliphatic carbocycles. The van der Waals surface area contributed by atoms with Gasteiger partial charge in [-0.15, -0.1) is 0 Å². The van der Waals surface area contributed by atoms with Crippen LogP contribution in [0.3, 0.4) is 0 Å². The molecule has 2 heterocycles. The standard InChI is InChI=1S/C15H24N2O5S/c18-14(11-3-1-2-4-11)16-9-13(10-16)23(21,22)17-7-5-12(6-8-17)15(19)20/h11-13H,1-10H2,(H,19,20). The summed E-state index contributed by atoms with van der Waals surface area (Å²) in [6.07, 6.45) is 4.76. The lowest BCUT2D eigenvalue weighted by atomic mass is 9.99. The van der Waals surface area contributed by atoms with Crippen LogP contribution in [0, 0.1) is 11.8 Å². The number of nitrogens with zero attached hydrogens (tertiary/aromatic N) is 2. The van der Waals surface area contributed by atoms with Crippen molar-refractivity contribution >= 4 is 21.9 Å². The third-order valence-electron chi connectivity index (χ3n) is 5.45. The quantitative estimate of drug-likeness (QED) is 0.802. The van der Waals surface area contributed by atoms with Crippen LogP contribution in [0.1, 0.15) is 38.5 Å². The van der Waals surface area contributed by atoms with Crippen LogP contribution in [0.15, 0.2) is 0 Å². The minimum atomic E-state index is -3.42. The molecule has 3 rings (SSSR count). The summed E-state index contributed by atoms with van der Waals surface area (Å²) in [4.78, 5) is 24.9. The topological polar surface area (TPSA) is 95.0 Å². The van der Waals surface area contributed by atoms with Gasteiger partial charge in [0, 0.05) is 32.1 Å². The van der Waals surface area contributed by atoms with Crippen molar-refractivity contribution in [2.75, 3.05) is 26.2 Å². The van der Waals surface area contributed by atoms with E-state index >= 15 is 0 Å². The summed E-state index contributed by atoms with van der Waals surface area (Å²) in [5.41, 5.74) is 0. The van der Waals surface area contributed by atoms with Gasteiger partial charge in [-0.05, 0) is 25.7 Å². The van der Waals surface area contributed by atoms with Crippen molar-refractivity contribution < 1.29 is 23.1 Å². The molecule has 1 amide bonds. The van der Waals surface area contributed by atoms with Crippen molar-refractivity contribution in [3.05, 3.63) is 0 Å². The van der Waals surface area contributed by atoms with Gasteiger partial charge in [-0.25, -0.2) is 12.7 Å². The normalized spacial score (nSPS) is 25.5. The van der Waals surface area contributed by atoms with Crippen LogP contribution in [0.2, 0.25) is 0 Å². The predicted octanol–water partition coefficient (Wildman–Crippen LogP) is 0.514. The Morgan fingerprint density at radius 3 is 2.00 bits per heavy atom. The molecule has 3 fully saturated rings. The molecule has 0 aromatic carbocycles. The van der Waals surface area contributed by atoms with Crippen LogP contribution in [0.5, 0.6) is 0 Å². The van der Waals surface area contributed by atoms with Gasteiger partial charge in [0.2, 0.25) is 15.9 Å². The smallest absolute Gasteiger partial charge is 0.306 e. The van der Waals surface area contributed by atoms with Crippen LogP contribution in [0.4, 0.5) is 0 Å². The molecule has 3 aliphatic rings. The Bertz CT molecular complexity index is 571. The Hall–Kier alpha value is -1.15. The highest BCUT2D eigenvalue weighted by Gasteiger charge is 2.45. The first-order valence-electron chi connectivity index (χ1n) is 8.40. The predicted molar refractivity (Wildman–Crippen MR) is 83.2 cm³/mol. The Morgan fingerprint density at radius 1 is 0.913 bits per heavy atom. The van der Waals surface area contributed by atoms with E-state index in [1.54, 1.807) is 4.90 Å². The Balaban J connectivity index is 1.52. The van der Waals surface area contributed by atoms with Gasteiger partial charge in [-0.1, -0.05) is 12.8 Å². The molecule has 7 nitrogen and oxygen atoms in total. The highest BCUT2D eigenvalue weighted by Crippen LogP contribution is 2.31. The lowest BCUT2D eigenvalue weighted by Crippen LogP contribution is -2.61. The van der Waals surface area contributed by atoms with E-state index < -0.39 is 27.2 Å². The minimum absolute atomic E-state index is 0.0879. The lowest BCUT2D eigenvalue weighted by Gasteiger charge is -2.43. The molecular formula is C15H24N2O5S. The van der Waals surface area contributed by atoms with Gasteiger partial charge in [0.05, 0.1) is 5.92 Å². The summed E-state index contributed by atoms with van der Waals surface area (Å²) in [6, 6.07) is 0. The maximum atomic E-state index is 12.6. The first kappa shape index (κ1) is 16.7. The molecular weight excluding hydrogens is 320 g/mol. The summed E-state index contributed by atoms with van der Waals surface area (Å²) in [6.45, 7) is 1.12. The number of amides is 1. The second-order valence-electron chi connectivity index (χ2n) is 6.90. The molecule has 0 atom stereocenters. The summed E-state index contributed by atoms with van der Waals surface area (Å²) >= 11 is 0. The molecule has 2 aliphatic heterocycles. The molecule has 0 spiro atoms. The summed E-state index contributed by atoms with van der Waals surface area (Å²) < 4.78 is 26.6. The summed E-state index contributed by atoms with van der Waals surface area (Å²) in [7, 11) is -3.42. The van der Waals surface area contributed by atoms with E-state index in [0.717, 1.165) is 25.7 Å². The van der Waals surface area contributed by atoms with Gasteiger partial charge in [0.25, 0.3) is 0 Å². The number of hydrogen-bond donors (Lipinski definition) is 1. The Morgan fingerprint density at radius 2 is 1.48 bits per heavy atom. The van der Waals surface area contributed by atoms with Crippen LogP contribution < -0.4 is 0 Å². The fraction of sp³-hybridized carbons (Fsp3) is 0.867. The highest BCUT2D eigenvalue weighted by atomic mass is 32.2. The van der Waals surface area contributed by atoms with Crippen molar-refractivity contribution in [2.24, 2.45) is 11.8 Å². The van der Waals surface area contributed by atoms with Gasteiger partial charge in [-0.2, -0.15) is 0 Å².